The van der Waals surface area contributed by atoms with E-state index in [1.807, 2.05) is 24.5 Å². The van der Waals surface area contributed by atoms with Crippen LogP contribution < -0.4 is 5.32 Å². The quantitative estimate of drug-likeness (QED) is 0.846. The van der Waals surface area contributed by atoms with Crippen LogP contribution in [0.1, 0.15) is 42.3 Å². The first-order valence-corrected chi connectivity index (χ1v) is 7.50. The lowest BCUT2D eigenvalue weighted by Crippen LogP contribution is -2.27. The van der Waals surface area contributed by atoms with E-state index < -0.39 is 0 Å². The normalized spacial score (nSPS) is 17.7. The molecule has 20 heavy (non-hydrogen) atoms. The average molecular weight is 267 g/mol. The van der Waals surface area contributed by atoms with Gasteiger partial charge in [0.25, 0.3) is 0 Å². The van der Waals surface area contributed by atoms with Crippen LogP contribution in [0.3, 0.4) is 0 Å². The zero-order chi connectivity index (χ0) is 13.6. The largest absolute Gasteiger partial charge is 0.309 e. The molecule has 3 nitrogen and oxygen atoms in total. The van der Waals surface area contributed by atoms with Gasteiger partial charge >= 0.3 is 0 Å². The zero-order valence-corrected chi connectivity index (χ0v) is 11.8. The topological polar surface area (TPSA) is 37.8 Å². The number of pyridine rings is 2. The third kappa shape index (κ3) is 3.23. The minimum atomic E-state index is 0.434. The van der Waals surface area contributed by atoms with E-state index >= 15 is 0 Å². The fraction of sp³-hybridized carbons (Fsp3) is 0.412. The van der Waals surface area contributed by atoms with Gasteiger partial charge in [-0.15, -0.1) is 0 Å². The fourth-order valence-corrected chi connectivity index (χ4v) is 2.90. The van der Waals surface area contributed by atoms with Crippen LogP contribution >= 0.6 is 0 Å². The van der Waals surface area contributed by atoms with Crippen molar-refractivity contribution in [3.63, 3.8) is 0 Å². The van der Waals surface area contributed by atoms with Crippen LogP contribution in [0.4, 0.5) is 0 Å². The van der Waals surface area contributed by atoms with E-state index in [4.69, 9.17) is 0 Å². The molecule has 0 fully saturated rings. The maximum atomic E-state index is 4.56. The third-order valence-electron chi connectivity index (χ3n) is 3.92. The van der Waals surface area contributed by atoms with Crippen LogP contribution in [-0.4, -0.2) is 16.5 Å². The molecule has 1 aliphatic carbocycles. The summed E-state index contributed by atoms with van der Waals surface area (Å²) in [5.74, 6) is 0. The number of nitrogens with zero attached hydrogens (tertiary/aromatic N) is 2. The van der Waals surface area contributed by atoms with Crippen LogP contribution in [0.2, 0.25) is 0 Å². The van der Waals surface area contributed by atoms with E-state index in [1.165, 1.54) is 36.2 Å². The van der Waals surface area contributed by atoms with Gasteiger partial charge < -0.3 is 5.32 Å². The Morgan fingerprint density at radius 1 is 1.10 bits per heavy atom. The van der Waals surface area contributed by atoms with E-state index in [-0.39, 0.29) is 0 Å². The van der Waals surface area contributed by atoms with Gasteiger partial charge in [-0.3, -0.25) is 9.97 Å². The van der Waals surface area contributed by atoms with Gasteiger partial charge in [0.2, 0.25) is 0 Å². The molecule has 1 atom stereocenters. The van der Waals surface area contributed by atoms with Gasteiger partial charge in [-0.25, -0.2) is 0 Å². The number of rotatable bonds is 5. The number of nitrogens with one attached hydrogen (secondary N) is 1. The van der Waals surface area contributed by atoms with E-state index in [0.29, 0.717) is 6.04 Å². The van der Waals surface area contributed by atoms with Crippen LogP contribution in [0.25, 0.3) is 0 Å². The van der Waals surface area contributed by atoms with E-state index in [9.17, 15) is 0 Å². The highest BCUT2D eigenvalue weighted by Gasteiger charge is 2.20. The van der Waals surface area contributed by atoms with Crippen molar-refractivity contribution in [2.24, 2.45) is 0 Å². The molecule has 0 spiro atoms. The lowest BCUT2D eigenvalue weighted by molar-refractivity contribution is 0.444. The Hall–Kier alpha value is -1.74. The lowest BCUT2D eigenvalue weighted by atomic mass is 9.92. The first kappa shape index (κ1) is 13.3. The molecule has 0 aromatic carbocycles. The van der Waals surface area contributed by atoms with Crippen molar-refractivity contribution in [1.82, 2.24) is 15.3 Å². The van der Waals surface area contributed by atoms with E-state index in [2.05, 4.69) is 33.5 Å². The molecule has 2 aromatic heterocycles. The van der Waals surface area contributed by atoms with Gasteiger partial charge in [-0.1, -0.05) is 12.1 Å². The molecule has 3 heteroatoms. The Morgan fingerprint density at radius 3 is 2.95 bits per heavy atom. The number of hydrogen-bond acceptors (Lipinski definition) is 3. The molecule has 0 amide bonds. The van der Waals surface area contributed by atoms with Crippen LogP contribution in [-0.2, 0) is 12.8 Å². The van der Waals surface area contributed by atoms with Crippen molar-refractivity contribution in [3.8, 4) is 0 Å². The maximum absolute atomic E-state index is 4.56. The molecule has 104 valence electrons. The molecule has 2 heterocycles. The highest BCUT2D eigenvalue weighted by Crippen LogP contribution is 2.27. The zero-order valence-electron chi connectivity index (χ0n) is 11.8. The molecule has 0 bridgehead atoms. The minimum Gasteiger partial charge on any atom is -0.309 e. The molecule has 1 N–H and O–H groups in total. The van der Waals surface area contributed by atoms with Crippen molar-refractivity contribution >= 4 is 0 Å². The highest BCUT2D eigenvalue weighted by molar-refractivity contribution is 5.25. The second kappa shape index (κ2) is 6.62. The summed E-state index contributed by atoms with van der Waals surface area (Å²) in [7, 11) is 0. The van der Waals surface area contributed by atoms with E-state index in [1.54, 1.807) is 0 Å². The summed E-state index contributed by atoms with van der Waals surface area (Å²) in [5.41, 5.74) is 3.86. The molecule has 1 aliphatic rings. The Labute approximate surface area is 120 Å². The SMILES string of the molecule is c1ccc(CCCNC2CCCc3cccnc32)nc1. The van der Waals surface area contributed by atoms with Gasteiger partial charge in [0.05, 0.1) is 5.69 Å². The molecule has 0 saturated carbocycles. The third-order valence-corrected chi connectivity index (χ3v) is 3.92. The summed E-state index contributed by atoms with van der Waals surface area (Å²) in [6, 6.07) is 10.8. The van der Waals surface area contributed by atoms with Crippen LogP contribution in [0, 0.1) is 0 Å². The molecule has 1 unspecified atom stereocenters. The van der Waals surface area contributed by atoms with Crippen molar-refractivity contribution in [3.05, 3.63) is 59.7 Å². The maximum Gasteiger partial charge on any atom is 0.0605 e. The van der Waals surface area contributed by atoms with Gasteiger partial charge in [-0.2, -0.15) is 0 Å². The van der Waals surface area contributed by atoms with Crippen LogP contribution in [0.15, 0.2) is 42.7 Å². The Morgan fingerprint density at radius 2 is 2.05 bits per heavy atom. The summed E-state index contributed by atoms with van der Waals surface area (Å²) in [6.07, 6.45) is 9.57. The first-order chi connectivity index (χ1) is 9.93. The van der Waals surface area contributed by atoms with Crippen molar-refractivity contribution in [1.29, 1.82) is 0 Å². The Bertz CT molecular complexity index is 539. The van der Waals surface area contributed by atoms with Crippen molar-refractivity contribution < 1.29 is 0 Å². The molecular formula is C17H21N3. The van der Waals surface area contributed by atoms with E-state index in [0.717, 1.165) is 19.4 Å². The standard InChI is InChI=1S/C17H21N3/c1-2-11-18-15(8-1)9-5-12-19-16-10-3-6-14-7-4-13-20-17(14)16/h1-2,4,7-8,11,13,16,19H,3,5-6,9-10,12H2. The lowest BCUT2D eigenvalue weighted by Gasteiger charge is -2.25. The second-order valence-electron chi connectivity index (χ2n) is 5.37. The van der Waals surface area contributed by atoms with Crippen LogP contribution in [0.5, 0.6) is 0 Å². The van der Waals surface area contributed by atoms with Gasteiger partial charge in [-0.05, 0) is 62.4 Å². The number of fused-ring (bicyclic) bond motifs is 1. The number of aryl methyl sites for hydroxylation is 2. The molecule has 0 aliphatic heterocycles. The fourth-order valence-electron chi connectivity index (χ4n) is 2.90. The monoisotopic (exact) mass is 267 g/mol. The molecule has 3 rings (SSSR count). The predicted octanol–water partition coefficient (Wildman–Crippen LogP) is 3.08. The summed E-state index contributed by atoms with van der Waals surface area (Å²) in [6.45, 7) is 1.03. The summed E-state index contributed by atoms with van der Waals surface area (Å²) >= 11 is 0. The average Bonchev–Trinajstić information content (AvgIpc) is 2.53. The summed E-state index contributed by atoms with van der Waals surface area (Å²) in [4.78, 5) is 8.92. The molecular weight excluding hydrogens is 246 g/mol. The first-order valence-electron chi connectivity index (χ1n) is 7.50. The highest BCUT2D eigenvalue weighted by atomic mass is 14.9. The van der Waals surface area contributed by atoms with Gasteiger partial charge in [0, 0.05) is 24.1 Å². The molecule has 0 radical (unpaired) electrons. The van der Waals surface area contributed by atoms with Gasteiger partial charge in [0.15, 0.2) is 0 Å². The Balaban J connectivity index is 1.50. The van der Waals surface area contributed by atoms with Gasteiger partial charge in [0.1, 0.15) is 0 Å². The molecule has 2 aromatic rings. The Kier molecular flexibility index (Phi) is 4.38. The minimum absolute atomic E-state index is 0.434. The molecule has 0 saturated heterocycles. The summed E-state index contributed by atoms with van der Waals surface area (Å²) in [5, 5.41) is 3.66. The number of aromatic nitrogens is 2. The summed E-state index contributed by atoms with van der Waals surface area (Å²) < 4.78 is 0. The van der Waals surface area contributed by atoms with Crippen molar-refractivity contribution in [2.75, 3.05) is 6.54 Å². The smallest absolute Gasteiger partial charge is 0.0605 e. The number of hydrogen-bond donors (Lipinski definition) is 1. The predicted molar refractivity (Wildman–Crippen MR) is 80.5 cm³/mol. The van der Waals surface area contributed by atoms with Crippen molar-refractivity contribution in [2.45, 2.75) is 38.1 Å². The second-order valence-corrected chi connectivity index (χ2v) is 5.37.